The summed E-state index contributed by atoms with van der Waals surface area (Å²) in [5, 5.41) is 105. The summed E-state index contributed by atoms with van der Waals surface area (Å²) in [4.78, 5) is 0. The maximum atomic E-state index is 11.1. The fraction of sp³-hybridized carbons (Fsp3) is 0.882. The Hall–Kier alpha value is -1.26. The predicted molar refractivity (Wildman–Crippen MR) is 252 cm³/mol. The second kappa shape index (κ2) is 28.2. The van der Waals surface area contributed by atoms with Crippen LogP contribution < -0.4 is 0 Å². The summed E-state index contributed by atoms with van der Waals surface area (Å²) in [6.45, 7) is 18.9. The van der Waals surface area contributed by atoms with Crippen molar-refractivity contribution in [1.29, 1.82) is 0 Å². The minimum Gasteiger partial charge on any atom is -0.394 e. The average molecular weight is 901 g/mol. The molecule has 6 unspecified atom stereocenters. The molecule has 1 saturated heterocycles. The lowest BCUT2D eigenvalue weighted by Gasteiger charge is -2.39. The minimum absolute atomic E-state index is 0.150. The van der Waals surface area contributed by atoms with Crippen molar-refractivity contribution in [1.82, 2.24) is 0 Å². The molecule has 11 atom stereocenters. The predicted octanol–water partition coefficient (Wildman–Crippen LogP) is 7.75. The summed E-state index contributed by atoms with van der Waals surface area (Å²) < 4.78 is 10.9. The molecular formula is C51H96O12. The molecule has 0 spiro atoms. The fourth-order valence-electron chi connectivity index (χ4n) is 8.66. The van der Waals surface area contributed by atoms with Gasteiger partial charge in [-0.05, 0) is 210 Å². The van der Waals surface area contributed by atoms with Crippen LogP contribution in [0.4, 0.5) is 0 Å². The first kappa shape index (κ1) is 59.8. The largest absolute Gasteiger partial charge is 0.394 e. The zero-order valence-electron chi connectivity index (χ0n) is 41.4. The van der Waals surface area contributed by atoms with E-state index in [1.165, 1.54) is 11.1 Å². The van der Waals surface area contributed by atoms with E-state index < -0.39 is 70.9 Å². The summed E-state index contributed by atoms with van der Waals surface area (Å²) in [6, 6.07) is 0. The molecule has 12 heteroatoms. The maximum absolute atomic E-state index is 11.1. The summed E-state index contributed by atoms with van der Waals surface area (Å²) in [5.74, 6) is 0. The fourth-order valence-corrected chi connectivity index (χ4v) is 8.66. The van der Waals surface area contributed by atoms with Gasteiger partial charge in [0.1, 0.15) is 24.4 Å². The van der Waals surface area contributed by atoms with Gasteiger partial charge in [0.15, 0.2) is 6.29 Å². The number of aliphatic hydroxyl groups is 10. The first-order valence-electron chi connectivity index (χ1n) is 24.2. The number of aliphatic hydroxyl groups excluding tert-OH is 4. The van der Waals surface area contributed by atoms with Gasteiger partial charge in [-0.25, -0.2) is 0 Å². The van der Waals surface area contributed by atoms with Crippen LogP contribution >= 0.6 is 0 Å². The lowest BCUT2D eigenvalue weighted by Crippen LogP contribution is -2.59. The van der Waals surface area contributed by atoms with E-state index in [9.17, 15) is 51.1 Å². The molecule has 10 N–H and O–H groups in total. The third-order valence-electron chi connectivity index (χ3n) is 13.2. The molecule has 1 aliphatic heterocycles. The molecule has 1 aliphatic rings. The van der Waals surface area contributed by atoms with Gasteiger partial charge in [-0.3, -0.25) is 0 Å². The number of hydrogen-bond donors (Lipinski definition) is 10. The third-order valence-corrected chi connectivity index (χ3v) is 13.2. The third kappa shape index (κ3) is 27.9. The molecular weight excluding hydrogens is 805 g/mol. The van der Waals surface area contributed by atoms with Crippen molar-refractivity contribution < 1.29 is 60.5 Å². The summed E-state index contributed by atoms with van der Waals surface area (Å²) in [5.41, 5.74) is -1.50. The van der Waals surface area contributed by atoms with Gasteiger partial charge in [0.25, 0.3) is 0 Å². The van der Waals surface area contributed by atoms with Gasteiger partial charge in [-0.2, -0.15) is 0 Å². The van der Waals surface area contributed by atoms with Crippen LogP contribution in [0.3, 0.4) is 0 Å². The van der Waals surface area contributed by atoms with Crippen molar-refractivity contribution >= 4 is 0 Å². The summed E-state index contributed by atoms with van der Waals surface area (Å²) >= 11 is 0. The quantitative estimate of drug-likeness (QED) is 0.0280. The highest BCUT2D eigenvalue weighted by molar-refractivity contribution is 5.04. The van der Waals surface area contributed by atoms with Crippen LogP contribution in [0.1, 0.15) is 210 Å². The van der Waals surface area contributed by atoms with E-state index in [-0.39, 0.29) is 6.61 Å². The molecule has 0 amide bonds. The zero-order valence-corrected chi connectivity index (χ0v) is 41.4. The molecule has 0 aromatic rings. The Bertz CT molecular complexity index is 1340. The van der Waals surface area contributed by atoms with Crippen molar-refractivity contribution in [2.24, 2.45) is 0 Å². The molecule has 63 heavy (non-hydrogen) atoms. The van der Waals surface area contributed by atoms with Crippen molar-refractivity contribution in [3.8, 4) is 0 Å². The monoisotopic (exact) mass is 901 g/mol. The van der Waals surface area contributed by atoms with Crippen LogP contribution in [0.25, 0.3) is 0 Å². The van der Waals surface area contributed by atoms with Crippen LogP contribution in [0, 0.1) is 0 Å². The summed E-state index contributed by atoms with van der Waals surface area (Å²) in [7, 11) is 0. The number of allylic oxidation sites excluding steroid dienone is 5. The molecule has 0 aromatic heterocycles. The van der Waals surface area contributed by atoms with Crippen LogP contribution in [0.15, 0.2) is 34.9 Å². The van der Waals surface area contributed by atoms with E-state index in [0.29, 0.717) is 103 Å². The molecule has 0 bridgehead atoms. The highest BCUT2D eigenvalue weighted by atomic mass is 16.7. The normalized spacial score (nSPS) is 25.9. The highest BCUT2D eigenvalue weighted by Gasteiger charge is 2.44. The SMILES string of the molecule is CC(C)=CCCC(C)(O)CCCC(C)(O)CCCC(C)(O)CCCC(C)(O)CCCC(C)(O)CCCC(C)(O)CCC/C(C)=C\CC/C(C)=C/CO[C@@H]1O[C@H](CO)[C@@H](O)[C@H](O)[C@H]1O. The van der Waals surface area contributed by atoms with E-state index in [1.807, 2.05) is 54.5 Å². The Morgan fingerprint density at radius 1 is 0.460 bits per heavy atom. The average Bonchev–Trinajstić information content (AvgIpc) is 3.13. The Balaban J connectivity index is 2.29. The van der Waals surface area contributed by atoms with E-state index >= 15 is 0 Å². The second-order valence-electron chi connectivity index (χ2n) is 21.6. The topological polar surface area (TPSA) is 221 Å². The standard InChI is InChI=1S/C51H96O12/c1-38(2)19-12-24-46(5,56)26-14-28-48(7,58)30-16-32-50(9,60)34-18-35-51(10,61)33-17-31-49(8,59)29-15-27-47(6,57)25-13-22-39(3)20-11-21-40(4)23-36-62-45-44(55)43(54)42(53)41(37-52)63-45/h19-20,23,41-45,52-61H,11-18,21-22,24-37H2,1-10H3/b39-20-,40-23+/t41-,42-,43+,44-,45-,46?,47?,48?,49?,50?,51?/m1/s1. The molecule has 1 heterocycles. The molecule has 12 nitrogen and oxygen atoms in total. The van der Waals surface area contributed by atoms with Crippen LogP contribution in [-0.4, -0.2) is 129 Å². The Kier molecular flexibility index (Phi) is 26.7. The minimum atomic E-state index is -1.47. The van der Waals surface area contributed by atoms with Crippen molar-refractivity contribution in [3.63, 3.8) is 0 Å². The van der Waals surface area contributed by atoms with Gasteiger partial charge in [0.05, 0.1) is 46.8 Å². The molecule has 0 saturated carbocycles. The number of hydrogen-bond acceptors (Lipinski definition) is 12. The Labute approximate surface area is 382 Å². The van der Waals surface area contributed by atoms with E-state index in [1.54, 1.807) is 0 Å². The summed E-state index contributed by atoms with van der Waals surface area (Å²) in [6.07, 6.45) is 14.6. The molecule has 0 aliphatic carbocycles. The van der Waals surface area contributed by atoms with E-state index in [2.05, 4.69) is 32.9 Å². The van der Waals surface area contributed by atoms with Gasteiger partial charge in [-0.15, -0.1) is 0 Å². The molecule has 0 aromatic carbocycles. The van der Waals surface area contributed by atoms with Crippen molar-refractivity contribution in [2.45, 2.75) is 275 Å². The Morgan fingerprint density at radius 2 is 0.825 bits per heavy atom. The lowest BCUT2D eigenvalue weighted by molar-refractivity contribution is -0.298. The van der Waals surface area contributed by atoms with Crippen LogP contribution in [-0.2, 0) is 9.47 Å². The highest BCUT2D eigenvalue weighted by Crippen LogP contribution is 2.32. The van der Waals surface area contributed by atoms with Crippen LogP contribution in [0.2, 0.25) is 0 Å². The van der Waals surface area contributed by atoms with E-state index in [0.717, 1.165) is 44.1 Å². The van der Waals surface area contributed by atoms with E-state index in [4.69, 9.17) is 9.47 Å². The molecule has 372 valence electrons. The van der Waals surface area contributed by atoms with Gasteiger partial charge < -0.3 is 60.5 Å². The number of ether oxygens (including phenoxy) is 2. The smallest absolute Gasteiger partial charge is 0.187 e. The molecule has 1 fully saturated rings. The van der Waals surface area contributed by atoms with Gasteiger partial charge in [0.2, 0.25) is 0 Å². The first-order chi connectivity index (χ1) is 29.0. The number of rotatable bonds is 34. The van der Waals surface area contributed by atoms with Gasteiger partial charge >= 0.3 is 0 Å². The first-order valence-corrected chi connectivity index (χ1v) is 24.2. The van der Waals surface area contributed by atoms with Crippen LogP contribution in [0.5, 0.6) is 0 Å². The van der Waals surface area contributed by atoms with Gasteiger partial charge in [0, 0.05) is 0 Å². The lowest BCUT2D eigenvalue weighted by atomic mass is 9.83. The molecule has 1 rings (SSSR count). The van der Waals surface area contributed by atoms with Crippen molar-refractivity contribution in [3.05, 3.63) is 34.9 Å². The maximum Gasteiger partial charge on any atom is 0.187 e. The zero-order chi connectivity index (χ0) is 48.1. The Morgan fingerprint density at radius 3 is 1.21 bits per heavy atom. The van der Waals surface area contributed by atoms with Gasteiger partial charge in [-0.1, -0.05) is 34.9 Å². The van der Waals surface area contributed by atoms with Crippen molar-refractivity contribution in [2.75, 3.05) is 13.2 Å². The molecule has 0 radical (unpaired) electrons. The second-order valence-corrected chi connectivity index (χ2v) is 21.6.